The Kier molecular flexibility index (Phi) is 3.72. The number of nitrogens with zero attached hydrogens (tertiary/aromatic N) is 1. The summed E-state index contributed by atoms with van der Waals surface area (Å²) in [5.41, 5.74) is 0.434. The normalized spacial score (nSPS) is 27.9. The number of anilines is 1. The first-order valence-electron chi connectivity index (χ1n) is 6.25. The van der Waals surface area contributed by atoms with Gasteiger partial charge >= 0.3 is 0 Å². The third kappa shape index (κ3) is 3.46. The van der Waals surface area contributed by atoms with Gasteiger partial charge in [-0.05, 0) is 45.0 Å². The van der Waals surface area contributed by atoms with Crippen LogP contribution in [0.1, 0.15) is 20.8 Å². The van der Waals surface area contributed by atoms with E-state index in [-0.39, 0.29) is 5.54 Å². The van der Waals surface area contributed by atoms with E-state index in [1.54, 1.807) is 0 Å². The molecule has 0 aliphatic carbocycles. The summed E-state index contributed by atoms with van der Waals surface area (Å²) < 4.78 is 1.07. The molecule has 0 aromatic heterocycles. The van der Waals surface area contributed by atoms with E-state index in [1.807, 2.05) is 19.1 Å². The molecule has 2 N–H and O–H groups in total. The Hall–Kier alpha value is -0.580. The molecule has 100 valence electrons. The fourth-order valence-corrected chi connectivity index (χ4v) is 2.58. The van der Waals surface area contributed by atoms with Gasteiger partial charge in [-0.25, -0.2) is 0 Å². The molecule has 1 aliphatic rings. The fraction of sp³-hybridized carbons (Fsp3) is 0.571. The van der Waals surface area contributed by atoms with Crippen molar-refractivity contribution in [2.24, 2.45) is 0 Å². The summed E-state index contributed by atoms with van der Waals surface area (Å²) in [7, 11) is 0. The second-order valence-corrected chi connectivity index (χ2v) is 6.98. The number of aliphatic hydroxyl groups is 1. The number of hydrogen-bond acceptors (Lipinski definition) is 3. The van der Waals surface area contributed by atoms with Crippen molar-refractivity contribution < 1.29 is 5.11 Å². The molecular formula is C14H21BrN2O. The molecule has 0 amide bonds. The molecule has 1 saturated heterocycles. The highest BCUT2D eigenvalue weighted by Crippen LogP contribution is 2.24. The molecule has 1 aromatic rings. The lowest BCUT2D eigenvalue weighted by atomic mass is 10.1. The minimum atomic E-state index is -0.707. The average Bonchev–Trinajstić information content (AvgIpc) is 2.36. The van der Waals surface area contributed by atoms with Crippen LogP contribution in [0.25, 0.3) is 0 Å². The summed E-state index contributed by atoms with van der Waals surface area (Å²) >= 11 is 3.45. The van der Waals surface area contributed by atoms with Gasteiger partial charge in [0, 0.05) is 35.3 Å². The van der Waals surface area contributed by atoms with Crippen LogP contribution >= 0.6 is 15.9 Å². The summed E-state index contributed by atoms with van der Waals surface area (Å²) in [5, 5.41) is 13.8. The minimum absolute atomic E-state index is 0.00639. The first-order valence-corrected chi connectivity index (χ1v) is 7.05. The van der Waals surface area contributed by atoms with Gasteiger partial charge in [0.15, 0.2) is 0 Å². The van der Waals surface area contributed by atoms with E-state index in [0.717, 1.165) is 16.7 Å². The second kappa shape index (κ2) is 4.83. The van der Waals surface area contributed by atoms with Crippen molar-refractivity contribution in [3.63, 3.8) is 0 Å². The number of rotatable bonds is 1. The van der Waals surface area contributed by atoms with Gasteiger partial charge in [-0.2, -0.15) is 0 Å². The maximum absolute atomic E-state index is 10.4. The van der Waals surface area contributed by atoms with E-state index in [2.05, 4.69) is 52.1 Å². The maximum Gasteiger partial charge on any atom is 0.0917 e. The molecular weight excluding hydrogens is 292 g/mol. The fourth-order valence-electron chi connectivity index (χ4n) is 2.32. The van der Waals surface area contributed by atoms with E-state index < -0.39 is 5.60 Å². The largest absolute Gasteiger partial charge is 0.387 e. The Labute approximate surface area is 117 Å². The summed E-state index contributed by atoms with van der Waals surface area (Å²) in [5.74, 6) is 0. The van der Waals surface area contributed by atoms with Crippen LogP contribution < -0.4 is 10.2 Å². The summed E-state index contributed by atoms with van der Waals surface area (Å²) in [6, 6.07) is 8.24. The van der Waals surface area contributed by atoms with Crippen molar-refractivity contribution in [2.45, 2.75) is 31.9 Å². The Morgan fingerprint density at radius 3 is 2.39 bits per heavy atom. The van der Waals surface area contributed by atoms with Crippen molar-refractivity contribution >= 4 is 21.6 Å². The van der Waals surface area contributed by atoms with Gasteiger partial charge in [0.05, 0.1) is 5.60 Å². The van der Waals surface area contributed by atoms with Gasteiger partial charge in [-0.1, -0.05) is 15.9 Å². The quantitative estimate of drug-likeness (QED) is 0.836. The maximum atomic E-state index is 10.4. The average molecular weight is 313 g/mol. The predicted molar refractivity (Wildman–Crippen MR) is 79.1 cm³/mol. The smallest absolute Gasteiger partial charge is 0.0917 e. The Bertz CT molecular complexity index is 396. The van der Waals surface area contributed by atoms with Gasteiger partial charge in [0.1, 0.15) is 0 Å². The zero-order valence-electron chi connectivity index (χ0n) is 11.2. The molecule has 0 saturated carbocycles. The van der Waals surface area contributed by atoms with Crippen molar-refractivity contribution in [1.29, 1.82) is 0 Å². The molecule has 1 fully saturated rings. The molecule has 4 heteroatoms. The van der Waals surface area contributed by atoms with E-state index in [9.17, 15) is 5.11 Å². The summed E-state index contributed by atoms with van der Waals surface area (Å²) in [4.78, 5) is 2.24. The summed E-state index contributed by atoms with van der Waals surface area (Å²) in [6.45, 7) is 8.36. The van der Waals surface area contributed by atoms with Crippen molar-refractivity contribution in [1.82, 2.24) is 5.32 Å². The van der Waals surface area contributed by atoms with E-state index >= 15 is 0 Å². The summed E-state index contributed by atoms with van der Waals surface area (Å²) in [6.07, 6.45) is 0. The standard InChI is InChI=1S/C14H21BrN2O/c1-13(2)9-17(10-14(3,18)8-16-13)12-6-4-11(15)5-7-12/h4-7,16,18H,8-10H2,1-3H3. The molecule has 1 aliphatic heterocycles. The third-order valence-electron chi connectivity index (χ3n) is 3.26. The van der Waals surface area contributed by atoms with Gasteiger partial charge in [0.25, 0.3) is 0 Å². The van der Waals surface area contributed by atoms with Crippen LogP contribution in [0.5, 0.6) is 0 Å². The molecule has 1 aromatic carbocycles. The van der Waals surface area contributed by atoms with Crippen molar-refractivity contribution in [3.8, 4) is 0 Å². The number of halogens is 1. The lowest BCUT2D eigenvalue weighted by molar-refractivity contribution is 0.0696. The lowest BCUT2D eigenvalue weighted by Gasteiger charge is -2.32. The van der Waals surface area contributed by atoms with Gasteiger partial charge in [-0.3, -0.25) is 0 Å². The van der Waals surface area contributed by atoms with Crippen LogP contribution in [-0.4, -0.2) is 35.9 Å². The van der Waals surface area contributed by atoms with Crippen LogP contribution in [0.2, 0.25) is 0 Å². The van der Waals surface area contributed by atoms with Gasteiger partial charge in [-0.15, -0.1) is 0 Å². The molecule has 18 heavy (non-hydrogen) atoms. The molecule has 1 unspecified atom stereocenters. The lowest BCUT2D eigenvalue weighted by Crippen LogP contribution is -2.47. The van der Waals surface area contributed by atoms with Crippen LogP contribution in [0.4, 0.5) is 5.69 Å². The number of hydrogen-bond donors (Lipinski definition) is 2. The van der Waals surface area contributed by atoms with Crippen molar-refractivity contribution in [2.75, 3.05) is 24.5 Å². The highest BCUT2D eigenvalue weighted by atomic mass is 79.9. The first kappa shape index (κ1) is 13.8. The monoisotopic (exact) mass is 312 g/mol. The van der Waals surface area contributed by atoms with Crippen LogP contribution in [0.15, 0.2) is 28.7 Å². The van der Waals surface area contributed by atoms with Gasteiger partial charge < -0.3 is 15.3 Å². The molecule has 3 nitrogen and oxygen atoms in total. The Balaban J connectivity index is 2.26. The second-order valence-electron chi connectivity index (χ2n) is 6.07. The highest BCUT2D eigenvalue weighted by Gasteiger charge is 2.33. The zero-order valence-corrected chi connectivity index (χ0v) is 12.8. The van der Waals surface area contributed by atoms with E-state index in [4.69, 9.17) is 0 Å². The number of nitrogens with one attached hydrogen (secondary N) is 1. The SMILES string of the molecule is CC1(O)CNC(C)(C)CN(c2ccc(Br)cc2)C1. The van der Waals surface area contributed by atoms with Crippen LogP contribution in [-0.2, 0) is 0 Å². The zero-order chi connectivity index (χ0) is 13.4. The molecule has 1 heterocycles. The Morgan fingerprint density at radius 1 is 1.17 bits per heavy atom. The molecule has 0 spiro atoms. The molecule has 2 rings (SSSR count). The third-order valence-corrected chi connectivity index (χ3v) is 3.79. The van der Waals surface area contributed by atoms with Gasteiger partial charge in [0.2, 0.25) is 0 Å². The van der Waals surface area contributed by atoms with Crippen LogP contribution in [0.3, 0.4) is 0 Å². The Morgan fingerprint density at radius 2 is 1.78 bits per heavy atom. The molecule has 0 bridgehead atoms. The first-order chi connectivity index (χ1) is 8.27. The number of benzene rings is 1. The number of β-amino-alcohol motifs (C(OH)–C–C–N with tert-alkyl or cyclic N) is 1. The molecule has 1 atom stereocenters. The highest BCUT2D eigenvalue weighted by molar-refractivity contribution is 9.10. The minimum Gasteiger partial charge on any atom is -0.387 e. The molecule has 0 radical (unpaired) electrons. The van der Waals surface area contributed by atoms with Crippen LogP contribution in [0, 0.1) is 0 Å². The van der Waals surface area contributed by atoms with E-state index in [1.165, 1.54) is 0 Å². The van der Waals surface area contributed by atoms with Crippen molar-refractivity contribution in [3.05, 3.63) is 28.7 Å². The topological polar surface area (TPSA) is 35.5 Å². The van der Waals surface area contributed by atoms with E-state index in [0.29, 0.717) is 13.1 Å². The predicted octanol–water partition coefficient (Wildman–Crippen LogP) is 2.39.